The van der Waals surface area contributed by atoms with Crippen LogP contribution in [0.1, 0.15) is 33.3 Å². The molecule has 1 amide bonds. The maximum Gasteiger partial charge on any atom is 0.231 e. The maximum atomic E-state index is 12.1. The van der Waals surface area contributed by atoms with E-state index in [2.05, 4.69) is 5.32 Å². The maximum absolute atomic E-state index is 12.1. The summed E-state index contributed by atoms with van der Waals surface area (Å²) < 4.78 is 10.5. The summed E-state index contributed by atoms with van der Waals surface area (Å²) in [6, 6.07) is 4.92. The van der Waals surface area contributed by atoms with Gasteiger partial charge in [0.2, 0.25) is 12.7 Å². The van der Waals surface area contributed by atoms with Gasteiger partial charge in [0.05, 0.1) is 12.5 Å². The van der Waals surface area contributed by atoms with Gasteiger partial charge in [0.25, 0.3) is 0 Å². The number of ketones is 1. The lowest BCUT2D eigenvalue weighted by molar-refractivity contribution is -0.128. The van der Waals surface area contributed by atoms with Gasteiger partial charge in [-0.25, -0.2) is 0 Å². The minimum Gasteiger partial charge on any atom is -0.454 e. The summed E-state index contributed by atoms with van der Waals surface area (Å²) in [6.07, 6.45) is 0.205. The topological polar surface area (TPSA) is 64.6 Å². The molecule has 0 spiro atoms. The highest BCUT2D eigenvalue weighted by Gasteiger charge is 2.30. The molecule has 5 heteroatoms. The average molecular weight is 291 g/mol. The molecule has 1 aliphatic heterocycles. The second-order valence-electron chi connectivity index (χ2n) is 6.34. The number of rotatable bonds is 4. The molecule has 0 aliphatic carbocycles. The molecule has 0 aromatic heterocycles. The van der Waals surface area contributed by atoms with Gasteiger partial charge < -0.3 is 14.8 Å². The van der Waals surface area contributed by atoms with Crippen LogP contribution in [-0.2, 0) is 16.0 Å². The molecule has 21 heavy (non-hydrogen) atoms. The van der Waals surface area contributed by atoms with Crippen molar-refractivity contribution in [1.82, 2.24) is 5.32 Å². The summed E-state index contributed by atoms with van der Waals surface area (Å²) >= 11 is 0. The van der Waals surface area contributed by atoms with Crippen LogP contribution in [0.2, 0.25) is 0 Å². The number of hydrogen-bond donors (Lipinski definition) is 1. The standard InChI is InChI=1S/C16H21NO4/c1-10(18)15(16(2,3)4)17-14(19)8-11-5-6-12-13(7-11)21-9-20-12/h5-7,15H,8-9H2,1-4H3,(H,17,19). The van der Waals surface area contributed by atoms with E-state index in [0.29, 0.717) is 11.5 Å². The minimum absolute atomic E-state index is 0.0402. The highest BCUT2D eigenvalue weighted by molar-refractivity contribution is 5.88. The molecule has 5 nitrogen and oxygen atoms in total. The Kier molecular flexibility index (Phi) is 4.21. The third-order valence-electron chi connectivity index (χ3n) is 3.38. The van der Waals surface area contributed by atoms with Gasteiger partial charge in [-0.3, -0.25) is 9.59 Å². The first-order chi connectivity index (χ1) is 9.77. The summed E-state index contributed by atoms with van der Waals surface area (Å²) in [6.45, 7) is 7.50. The van der Waals surface area contributed by atoms with E-state index < -0.39 is 6.04 Å². The minimum atomic E-state index is -0.487. The van der Waals surface area contributed by atoms with Gasteiger partial charge >= 0.3 is 0 Å². The van der Waals surface area contributed by atoms with Gasteiger partial charge in [-0.15, -0.1) is 0 Å². The molecule has 2 rings (SSSR count). The van der Waals surface area contributed by atoms with E-state index >= 15 is 0 Å². The molecule has 1 aromatic carbocycles. The Morgan fingerprint density at radius 2 is 1.90 bits per heavy atom. The Bertz CT molecular complexity index is 560. The normalized spacial score (nSPS) is 14.7. The highest BCUT2D eigenvalue weighted by Crippen LogP contribution is 2.32. The van der Waals surface area contributed by atoms with Crippen molar-refractivity contribution in [2.75, 3.05) is 6.79 Å². The molecule has 0 radical (unpaired) electrons. The number of ether oxygens (including phenoxy) is 2. The van der Waals surface area contributed by atoms with Gasteiger partial charge in [-0.2, -0.15) is 0 Å². The lowest BCUT2D eigenvalue weighted by Crippen LogP contribution is -2.48. The van der Waals surface area contributed by atoms with Crippen molar-refractivity contribution < 1.29 is 19.1 Å². The van der Waals surface area contributed by atoms with Crippen molar-refractivity contribution in [2.45, 2.75) is 40.2 Å². The van der Waals surface area contributed by atoms with Crippen LogP contribution in [0.3, 0.4) is 0 Å². The zero-order chi connectivity index (χ0) is 15.6. The molecule has 1 heterocycles. The smallest absolute Gasteiger partial charge is 0.231 e. The van der Waals surface area contributed by atoms with Crippen LogP contribution in [0, 0.1) is 5.41 Å². The number of carbonyl (C=O) groups is 2. The number of nitrogens with one attached hydrogen (secondary N) is 1. The fourth-order valence-electron chi connectivity index (χ4n) is 2.38. The molecule has 1 unspecified atom stereocenters. The Labute approximate surface area is 124 Å². The second-order valence-corrected chi connectivity index (χ2v) is 6.34. The summed E-state index contributed by atoms with van der Waals surface area (Å²) in [5.41, 5.74) is 0.518. The molecular formula is C16H21NO4. The van der Waals surface area contributed by atoms with Crippen molar-refractivity contribution in [3.05, 3.63) is 23.8 Å². The average Bonchev–Trinajstić information content (AvgIpc) is 2.81. The van der Waals surface area contributed by atoms with Crippen molar-refractivity contribution >= 4 is 11.7 Å². The van der Waals surface area contributed by atoms with Crippen molar-refractivity contribution in [1.29, 1.82) is 0 Å². The lowest BCUT2D eigenvalue weighted by atomic mass is 9.84. The van der Waals surface area contributed by atoms with Crippen LogP contribution < -0.4 is 14.8 Å². The molecule has 0 saturated carbocycles. The summed E-state index contributed by atoms with van der Waals surface area (Å²) in [4.78, 5) is 23.8. The number of hydrogen-bond acceptors (Lipinski definition) is 4. The number of fused-ring (bicyclic) bond motifs is 1. The van der Waals surface area contributed by atoms with Crippen LogP contribution in [0.25, 0.3) is 0 Å². The predicted molar refractivity (Wildman–Crippen MR) is 78.3 cm³/mol. The molecule has 0 saturated heterocycles. The molecule has 0 fully saturated rings. The van der Waals surface area contributed by atoms with E-state index in [4.69, 9.17) is 9.47 Å². The molecule has 0 bridgehead atoms. The van der Waals surface area contributed by atoms with E-state index in [0.717, 1.165) is 5.56 Å². The molecule has 1 aliphatic rings. The molecule has 1 atom stereocenters. The van der Waals surface area contributed by atoms with E-state index in [1.54, 1.807) is 12.1 Å². The zero-order valence-electron chi connectivity index (χ0n) is 12.9. The summed E-state index contributed by atoms with van der Waals surface area (Å²) in [7, 11) is 0. The molecular weight excluding hydrogens is 270 g/mol. The first kappa shape index (κ1) is 15.4. The van der Waals surface area contributed by atoms with Crippen molar-refractivity contribution in [2.24, 2.45) is 5.41 Å². The van der Waals surface area contributed by atoms with Gasteiger partial charge in [0, 0.05) is 0 Å². The molecule has 114 valence electrons. The fourth-order valence-corrected chi connectivity index (χ4v) is 2.38. The Hall–Kier alpha value is -2.04. The number of amides is 1. The summed E-state index contributed by atoms with van der Waals surface area (Å²) in [5.74, 6) is 1.13. The SMILES string of the molecule is CC(=O)C(NC(=O)Cc1ccc2c(c1)OCO2)C(C)(C)C. The lowest BCUT2D eigenvalue weighted by Gasteiger charge is -2.29. The van der Waals surface area contributed by atoms with Gasteiger partial charge in [-0.1, -0.05) is 26.8 Å². The van der Waals surface area contributed by atoms with Gasteiger partial charge in [0.1, 0.15) is 0 Å². The van der Waals surface area contributed by atoms with Crippen molar-refractivity contribution in [3.8, 4) is 11.5 Å². The number of Topliss-reactive ketones (excluding diaryl/α,β-unsaturated/α-hetero) is 1. The van der Waals surface area contributed by atoms with Crippen LogP contribution in [-0.4, -0.2) is 24.5 Å². The van der Waals surface area contributed by atoms with E-state index in [-0.39, 0.29) is 30.3 Å². The Balaban J connectivity index is 2.03. The van der Waals surface area contributed by atoms with E-state index in [1.807, 2.05) is 26.8 Å². The quantitative estimate of drug-likeness (QED) is 0.922. The molecule has 1 N–H and O–H groups in total. The first-order valence-corrected chi connectivity index (χ1v) is 6.96. The van der Waals surface area contributed by atoms with E-state index in [9.17, 15) is 9.59 Å². The van der Waals surface area contributed by atoms with Crippen LogP contribution in [0.5, 0.6) is 11.5 Å². The summed E-state index contributed by atoms with van der Waals surface area (Å²) in [5, 5.41) is 2.81. The molecule has 1 aromatic rings. The monoisotopic (exact) mass is 291 g/mol. The largest absolute Gasteiger partial charge is 0.454 e. The fraction of sp³-hybridized carbons (Fsp3) is 0.500. The number of benzene rings is 1. The van der Waals surface area contributed by atoms with Crippen LogP contribution >= 0.6 is 0 Å². The third kappa shape index (κ3) is 3.74. The van der Waals surface area contributed by atoms with E-state index in [1.165, 1.54) is 6.92 Å². The Morgan fingerprint density at radius 1 is 1.24 bits per heavy atom. The van der Waals surface area contributed by atoms with Gasteiger partial charge in [0.15, 0.2) is 17.3 Å². The first-order valence-electron chi connectivity index (χ1n) is 6.96. The number of carbonyl (C=O) groups excluding carboxylic acids is 2. The third-order valence-corrected chi connectivity index (χ3v) is 3.38. The van der Waals surface area contributed by atoms with Crippen LogP contribution in [0.15, 0.2) is 18.2 Å². The van der Waals surface area contributed by atoms with Gasteiger partial charge in [-0.05, 0) is 30.0 Å². The highest BCUT2D eigenvalue weighted by atomic mass is 16.7. The van der Waals surface area contributed by atoms with Crippen molar-refractivity contribution in [3.63, 3.8) is 0 Å². The van der Waals surface area contributed by atoms with Crippen LogP contribution in [0.4, 0.5) is 0 Å². The zero-order valence-corrected chi connectivity index (χ0v) is 12.9. The second kappa shape index (κ2) is 5.76. The predicted octanol–water partition coefficient (Wildman–Crippen LogP) is 2.08. The Morgan fingerprint density at radius 3 is 2.52 bits per heavy atom.